The van der Waals surface area contributed by atoms with Gasteiger partial charge in [0.05, 0.1) is 19.1 Å². The summed E-state index contributed by atoms with van der Waals surface area (Å²) in [6.45, 7) is 0.349. The van der Waals surface area contributed by atoms with Crippen molar-refractivity contribution in [2.24, 2.45) is 0 Å². The fraction of sp³-hybridized carbons (Fsp3) is 0.227. The van der Waals surface area contributed by atoms with E-state index in [-0.39, 0.29) is 24.0 Å². The molecule has 1 saturated heterocycles. The van der Waals surface area contributed by atoms with Crippen molar-refractivity contribution >= 4 is 51.9 Å². The normalized spacial score (nSPS) is 14.8. The smallest absolute Gasteiger partial charge is 0.266 e. The minimum atomic E-state index is -0.197. The van der Waals surface area contributed by atoms with Gasteiger partial charge in [-0.1, -0.05) is 36.1 Å². The molecular formula is C22H22N2O5S2. The van der Waals surface area contributed by atoms with Crippen LogP contribution in [-0.4, -0.2) is 46.9 Å². The van der Waals surface area contributed by atoms with Crippen molar-refractivity contribution in [2.75, 3.05) is 26.1 Å². The van der Waals surface area contributed by atoms with Crippen molar-refractivity contribution in [3.05, 3.63) is 52.9 Å². The molecule has 0 bridgehead atoms. The van der Waals surface area contributed by atoms with Crippen LogP contribution in [0.25, 0.3) is 6.08 Å². The highest BCUT2D eigenvalue weighted by molar-refractivity contribution is 8.26. The highest BCUT2D eigenvalue weighted by atomic mass is 32.2. The van der Waals surface area contributed by atoms with Gasteiger partial charge in [-0.25, -0.2) is 0 Å². The molecule has 0 spiro atoms. The molecule has 1 fully saturated rings. The Morgan fingerprint density at radius 2 is 1.97 bits per heavy atom. The second-order valence-electron chi connectivity index (χ2n) is 6.65. The van der Waals surface area contributed by atoms with Gasteiger partial charge in [-0.2, -0.15) is 0 Å². The number of nitrogens with zero attached hydrogens (tertiary/aromatic N) is 1. The zero-order valence-corrected chi connectivity index (χ0v) is 18.7. The summed E-state index contributed by atoms with van der Waals surface area (Å²) >= 11 is 6.58. The first-order chi connectivity index (χ1) is 14.9. The van der Waals surface area contributed by atoms with Crippen LogP contribution in [0, 0.1) is 0 Å². The molecule has 0 aliphatic carbocycles. The van der Waals surface area contributed by atoms with Gasteiger partial charge < -0.3 is 19.9 Å². The number of rotatable bonds is 8. The molecule has 0 unspecified atom stereocenters. The average Bonchev–Trinajstić information content (AvgIpc) is 3.01. The lowest BCUT2D eigenvalue weighted by Crippen LogP contribution is -2.29. The third kappa shape index (κ3) is 5.77. The zero-order valence-electron chi connectivity index (χ0n) is 17.1. The van der Waals surface area contributed by atoms with Crippen molar-refractivity contribution in [1.82, 2.24) is 4.90 Å². The van der Waals surface area contributed by atoms with Crippen LogP contribution >= 0.6 is 24.0 Å². The van der Waals surface area contributed by atoms with Gasteiger partial charge >= 0.3 is 0 Å². The van der Waals surface area contributed by atoms with E-state index < -0.39 is 0 Å². The van der Waals surface area contributed by atoms with Crippen LogP contribution in [-0.2, 0) is 9.59 Å². The van der Waals surface area contributed by atoms with Gasteiger partial charge in [0.25, 0.3) is 5.91 Å². The van der Waals surface area contributed by atoms with E-state index in [1.165, 1.54) is 28.8 Å². The van der Waals surface area contributed by atoms with Crippen LogP contribution in [0.15, 0.2) is 47.4 Å². The Morgan fingerprint density at radius 3 is 2.68 bits per heavy atom. The summed E-state index contributed by atoms with van der Waals surface area (Å²) in [4.78, 5) is 26.9. The zero-order chi connectivity index (χ0) is 22.4. The molecule has 0 radical (unpaired) electrons. The van der Waals surface area contributed by atoms with Crippen molar-refractivity contribution in [3.63, 3.8) is 0 Å². The van der Waals surface area contributed by atoms with Gasteiger partial charge in [-0.05, 0) is 42.3 Å². The lowest BCUT2D eigenvalue weighted by molar-refractivity contribution is -0.122. The highest BCUT2D eigenvalue weighted by Gasteiger charge is 2.31. The predicted octanol–water partition coefficient (Wildman–Crippen LogP) is 4.03. The fourth-order valence-corrected chi connectivity index (χ4v) is 4.30. The summed E-state index contributed by atoms with van der Waals surface area (Å²) in [5.74, 6) is 0.882. The topological polar surface area (TPSA) is 88.1 Å². The van der Waals surface area contributed by atoms with Crippen molar-refractivity contribution < 1.29 is 24.2 Å². The molecule has 0 atom stereocenters. The van der Waals surface area contributed by atoms with Gasteiger partial charge in [-0.3, -0.25) is 14.5 Å². The van der Waals surface area contributed by atoms with Gasteiger partial charge in [-0.15, -0.1) is 0 Å². The average molecular weight is 459 g/mol. The van der Waals surface area contributed by atoms with E-state index in [2.05, 4.69) is 5.32 Å². The first kappa shape index (κ1) is 22.6. The van der Waals surface area contributed by atoms with E-state index in [4.69, 9.17) is 21.7 Å². The number of aromatic hydroxyl groups is 1. The summed E-state index contributed by atoms with van der Waals surface area (Å²) in [7, 11) is 3.12. The van der Waals surface area contributed by atoms with Gasteiger partial charge in [0, 0.05) is 24.7 Å². The molecule has 1 aliphatic heterocycles. The standard InChI is InChI=1S/C22H22N2O5S2/c1-28-17-9-8-14(11-18(17)29-2)12-19-21(27)24(22(30)31-19)10-4-7-20(26)23-15-5-3-6-16(25)13-15/h3,5-6,8-9,11-13,25H,4,7,10H2,1-2H3,(H,23,26). The molecule has 9 heteroatoms. The lowest BCUT2D eigenvalue weighted by atomic mass is 10.2. The third-order valence-corrected chi connectivity index (χ3v) is 5.87. The van der Waals surface area contributed by atoms with Crippen LogP contribution in [0.1, 0.15) is 18.4 Å². The number of ether oxygens (including phenoxy) is 2. The minimum absolute atomic E-state index is 0.0802. The number of nitrogens with one attached hydrogen (secondary N) is 1. The summed E-state index contributed by atoms with van der Waals surface area (Å²) in [5.41, 5.74) is 1.32. The molecule has 1 aliphatic rings. The molecule has 7 nitrogen and oxygen atoms in total. The third-order valence-electron chi connectivity index (χ3n) is 4.49. The molecule has 1 heterocycles. The van der Waals surface area contributed by atoms with Crippen LogP contribution in [0.3, 0.4) is 0 Å². The second-order valence-corrected chi connectivity index (χ2v) is 8.33. The van der Waals surface area contributed by atoms with Crippen LogP contribution in [0.5, 0.6) is 17.2 Å². The van der Waals surface area contributed by atoms with Crippen molar-refractivity contribution in [2.45, 2.75) is 12.8 Å². The molecule has 2 N–H and O–H groups in total. The number of hydrogen-bond acceptors (Lipinski definition) is 7. The van der Waals surface area contributed by atoms with Crippen LogP contribution in [0.2, 0.25) is 0 Å². The molecule has 2 aromatic carbocycles. The molecule has 162 valence electrons. The van der Waals surface area contributed by atoms with Crippen molar-refractivity contribution in [3.8, 4) is 17.2 Å². The number of amides is 2. The molecular weight excluding hydrogens is 436 g/mol. The van der Waals surface area contributed by atoms with E-state index >= 15 is 0 Å². The number of thiocarbonyl (C=S) groups is 1. The number of benzene rings is 2. The number of phenolic OH excluding ortho intramolecular Hbond substituents is 1. The minimum Gasteiger partial charge on any atom is -0.508 e. The maximum Gasteiger partial charge on any atom is 0.266 e. The number of hydrogen-bond donors (Lipinski definition) is 2. The predicted molar refractivity (Wildman–Crippen MR) is 125 cm³/mol. The highest BCUT2D eigenvalue weighted by Crippen LogP contribution is 2.34. The van der Waals surface area contributed by atoms with Crippen LogP contribution in [0.4, 0.5) is 5.69 Å². The summed E-state index contributed by atoms with van der Waals surface area (Å²) in [6, 6.07) is 11.7. The Labute approximate surface area is 190 Å². The number of carbonyl (C=O) groups is 2. The molecule has 3 rings (SSSR count). The number of phenols is 1. The molecule has 0 aromatic heterocycles. The first-order valence-electron chi connectivity index (χ1n) is 9.47. The Kier molecular flexibility index (Phi) is 7.54. The monoisotopic (exact) mass is 458 g/mol. The molecule has 2 amide bonds. The van der Waals surface area contributed by atoms with E-state index in [1.54, 1.807) is 44.6 Å². The van der Waals surface area contributed by atoms with Gasteiger partial charge in [0.2, 0.25) is 5.91 Å². The first-order valence-corrected chi connectivity index (χ1v) is 10.7. The van der Waals surface area contributed by atoms with E-state index in [0.717, 1.165) is 5.56 Å². The maximum absolute atomic E-state index is 12.8. The number of thioether (sulfide) groups is 1. The van der Waals surface area contributed by atoms with Gasteiger partial charge in [0.1, 0.15) is 10.1 Å². The number of methoxy groups -OCH3 is 2. The molecule has 2 aromatic rings. The summed E-state index contributed by atoms with van der Waals surface area (Å²) in [6.07, 6.45) is 2.44. The Balaban J connectivity index is 1.57. The maximum atomic E-state index is 12.8. The SMILES string of the molecule is COc1ccc(C=C2SC(=S)N(CCCC(=O)Nc3cccc(O)c3)C2=O)cc1OC. The van der Waals surface area contributed by atoms with Gasteiger partial charge in [0.15, 0.2) is 11.5 Å². The molecule has 31 heavy (non-hydrogen) atoms. The lowest BCUT2D eigenvalue weighted by Gasteiger charge is -2.14. The summed E-state index contributed by atoms with van der Waals surface area (Å²) in [5, 5.41) is 12.2. The fourth-order valence-electron chi connectivity index (χ4n) is 2.99. The van der Waals surface area contributed by atoms with E-state index in [0.29, 0.717) is 39.4 Å². The quantitative estimate of drug-likeness (QED) is 0.456. The van der Waals surface area contributed by atoms with Crippen molar-refractivity contribution in [1.29, 1.82) is 0 Å². The van der Waals surface area contributed by atoms with E-state index in [9.17, 15) is 14.7 Å². The Bertz CT molecular complexity index is 1040. The Morgan fingerprint density at radius 1 is 1.19 bits per heavy atom. The Hall–Kier alpha value is -3.04. The van der Waals surface area contributed by atoms with Crippen LogP contribution < -0.4 is 14.8 Å². The largest absolute Gasteiger partial charge is 0.508 e. The number of carbonyl (C=O) groups excluding carboxylic acids is 2. The number of anilines is 1. The second kappa shape index (κ2) is 10.3. The summed E-state index contributed by atoms with van der Waals surface area (Å²) < 4.78 is 11.0. The van der Waals surface area contributed by atoms with E-state index in [1.807, 2.05) is 6.07 Å². The molecule has 0 saturated carbocycles.